The molecule has 0 heterocycles. The molecule has 0 spiro atoms. The molecule has 0 amide bonds. The number of rotatable bonds is 5. The Labute approximate surface area is 68.9 Å². The summed E-state index contributed by atoms with van der Waals surface area (Å²) in [5, 5.41) is 8.58. The largest absolute Gasteiger partial charge is 0.297 e. The minimum Gasteiger partial charge on any atom is -0.297 e. The van der Waals surface area contributed by atoms with Crippen LogP contribution in [-0.4, -0.2) is 12.8 Å². The van der Waals surface area contributed by atoms with Gasteiger partial charge in [-0.15, -0.1) is 0 Å². The van der Waals surface area contributed by atoms with E-state index < -0.39 is 0 Å². The topological polar surface area (TPSA) is 36.1 Å². The Morgan fingerprint density at radius 2 is 2.27 bits per heavy atom. The number of aliphatic imine (C=N–C) groups is 1. The summed E-state index contributed by atoms with van der Waals surface area (Å²) in [5.41, 5.74) is 0. The molecule has 0 aromatic heterocycles. The van der Waals surface area contributed by atoms with Crippen LogP contribution < -0.4 is 0 Å². The van der Waals surface area contributed by atoms with E-state index in [9.17, 15) is 0 Å². The fourth-order valence-corrected chi connectivity index (χ4v) is 0.811. The maximum atomic E-state index is 8.58. The van der Waals surface area contributed by atoms with Crippen molar-refractivity contribution < 1.29 is 0 Å². The molecule has 0 aromatic carbocycles. The van der Waals surface area contributed by atoms with Gasteiger partial charge in [-0.05, 0) is 25.5 Å². The van der Waals surface area contributed by atoms with Gasteiger partial charge in [0.15, 0.2) is 0 Å². The van der Waals surface area contributed by atoms with E-state index in [0.29, 0.717) is 0 Å². The van der Waals surface area contributed by atoms with Crippen molar-refractivity contribution in [1.29, 1.82) is 5.26 Å². The first-order valence-electron chi connectivity index (χ1n) is 4.23. The van der Waals surface area contributed by atoms with E-state index in [-0.39, 0.29) is 5.92 Å². The third-order valence-electron chi connectivity index (χ3n) is 1.59. The first-order chi connectivity index (χ1) is 5.35. The number of hydrogen-bond acceptors (Lipinski definition) is 2. The second kappa shape index (κ2) is 7.27. The van der Waals surface area contributed by atoms with Crippen LogP contribution in [0.1, 0.15) is 33.1 Å². The molecule has 2 heteroatoms. The lowest BCUT2D eigenvalue weighted by Gasteiger charge is -2.00. The lowest BCUT2D eigenvalue weighted by atomic mass is 10.1. The molecule has 0 radical (unpaired) electrons. The maximum Gasteiger partial charge on any atom is 0.0656 e. The molecule has 0 aromatic rings. The van der Waals surface area contributed by atoms with Crippen LogP contribution in [-0.2, 0) is 0 Å². The molecule has 1 atom stereocenters. The van der Waals surface area contributed by atoms with Crippen molar-refractivity contribution in [3.8, 4) is 6.07 Å². The highest BCUT2D eigenvalue weighted by atomic mass is 14.7. The smallest absolute Gasteiger partial charge is 0.0656 e. The molecule has 0 saturated carbocycles. The zero-order valence-electron chi connectivity index (χ0n) is 7.38. The molecule has 0 saturated heterocycles. The van der Waals surface area contributed by atoms with Crippen molar-refractivity contribution in [2.45, 2.75) is 33.1 Å². The summed E-state index contributed by atoms with van der Waals surface area (Å²) in [4.78, 5) is 4.15. The Kier molecular flexibility index (Phi) is 6.71. The van der Waals surface area contributed by atoms with Crippen molar-refractivity contribution in [2.24, 2.45) is 10.9 Å². The van der Waals surface area contributed by atoms with Gasteiger partial charge in [0.05, 0.1) is 6.07 Å². The van der Waals surface area contributed by atoms with E-state index in [1.165, 1.54) is 0 Å². The van der Waals surface area contributed by atoms with Crippen LogP contribution in [0.2, 0.25) is 0 Å². The molecule has 0 fully saturated rings. The highest BCUT2D eigenvalue weighted by Gasteiger charge is 2.01. The molecule has 2 nitrogen and oxygen atoms in total. The van der Waals surface area contributed by atoms with Crippen LogP contribution in [0.3, 0.4) is 0 Å². The Bertz CT molecular complexity index is 144. The van der Waals surface area contributed by atoms with Crippen LogP contribution in [0, 0.1) is 17.2 Å². The lowest BCUT2D eigenvalue weighted by molar-refractivity contribution is 0.594. The first-order valence-corrected chi connectivity index (χ1v) is 4.23. The summed E-state index contributed by atoms with van der Waals surface area (Å²) in [6, 6.07) is 2.25. The SMILES string of the molecule is CC/C=N/CCC(C#N)CC. The molecule has 62 valence electrons. The number of hydrogen-bond donors (Lipinski definition) is 0. The fraction of sp³-hybridized carbons (Fsp3) is 0.778. The Balaban J connectivity index is 3.37. The Hall–Kier alpha value is -0.840. The van der Waals surface area contributed by atoms with Gasteiger partial charge in [0, 0.05) is 12.5 Å². The Morgan fingerprint density at radius 3 is 2.73 bits per heavy atom. The zero-order valence-corrected chi connectivity index (χ0v) is 7.38. The lowest BCUT2D eigenvalue weighted by Crippen LogP contribution is -1.96. The normalized spacial score (nSPS) is 13.2. The summed E-state index contributed by atoms with van der Waals surface area (Å²) in [7, 11) is 0. The highest BCUT2D eigenvalue weighted by Crippen LogP contribution is 2.05. The molecular formula is C9H16N2. The fourth-order valence-electron chi connectivity index (χ4n) is 0.811. The average molecular weight is 152 g/mol. The molecular weight excluding hydrogens is 136 g/mol. The van der Waals surface area contributed by atoms with E-state index in [4.69, 9.17) is 5.26 Å². The summed E-state index contributed by atoms with van der Waals surface area (Å²) in [5.74, 6) is 0.198. The molecule has 1 unspecified atom stereocenters. The van der Waals surface area contributed by atoms with Crippen LogP contribution >= 0.6 is 0 Å². The molecule has 0 rings (SSSR count). The highest BCUT2D eigenvalue weighted by molar-refractivity contribution is 5.56. The zero-order chi connectivity index (χ0) is 8.53. The molecule has 0 bridgehead atoms. The van der Waals surface area contributed by atoms with Gasteiger partial charge in [0.1, 0.15) is 0 Å². The van der Waals surface area contributed by atoms with Crippen LogP contribution in [0.4, 0.5) is 0 Å². The minimum atomic E-state index is 0.198. The minimum absolute atomic E-state index is 0.198. The van der Waals surface area contributed by atoms with E-state index >= 15 is 0 Å². The van der Waals surface area contributed by atoms with E-state index in [2.05, 4.69) is 18.0 Å². The standard InChI is InChI=1S/C9H16N2/c1-3-6-11-7-5-9(4-2)8-10/h6,9H,3-5,7H2,1-2H3/b11-6+. The van der Waals surface area contributed by atoms with Crippen molar-refractivity contribution in [1.82, 2.24) is 0 Å². The summed E-state index contributed by atoms with van der Waals surface area (Å²) >= 11 is 0. The second-order valence-electron chi connectivity index (χ2n) is 2.52. The Morgan fingerprint density at radius 1 is 1.55 bits per heavy atom. The van der Waals surface area contributed by atoms with Gasteiger partial charge in [-0.2, -0.15) is 5.26 Å². The van der Waals surface area contributed by atoms with Crippen molar-refractivity contribution in [2.75, 3.05) is 6.54 Å². The first kappa shape index (κ1) is 10.2. The second-order valence-corrected chi connectivity index (χ2v) is 2.52. The van der Waals surface area contributed by atoms with Gasteiger partial charge >= 0.3 is 0 Å². The maximum absolute atomic E-state index is 8.58. The van der Waals surface area contributed by atoms with Crippen molar-refractivity contribution >= 4 is 6.21 Å². The van der Waals surface area contributed by atoms with Crippen LogP contribution in [0.25, 0.3) is 0 Å². The van der Waals surface area contributed by atoms with Crippen LogP contribution in [0.5, 0.6) is 0 Å². The van der Waals surface area contributed by atoms with Gasteiger partial charge in [-0.3, -0.25) is 4.99 Å². The van der Waals surface area contributed by atoms with Gasteiger partial charge < -0.3 is 0 Å². The molecule has 0 N–H and O–H groups in total. The molecule has 0 aliphatic carbocycles. The van der Waals surface area contributed by atoms with E-state index in [1.54, 1.807) is 0 Å². The summed E-state index contributed by atoms with van der Waals surface area (Å²) < 4.78 is 0. The quantitative estimate of drug-likeness (QED) is 0.557. The predicted molar refractivity (Wildman–Crippen MR) is 47.7 cm³/mol. The van der Waals surface area contributed by atoms with Crippen LogP contribution in [0.15, 0.2) is 4.99 Å². The summed E-state index contributed by atoms with van der Waals surface area (Å²) in [6.45, 7) is 4.91. The summed E-state index contributed by atoms with van der Waals surface area (Å²) in [6.07, 6.45) is 4.75. The average Bonchev–Trinajstić information content (AvgIpc) is 2.05. The van der Waals surface area contributed by atoms with E-state index in [1.807, 2.05) is 13.1 Å². The number of nitrogens with zero attached hydrogens (tertiary/aromatic N) is 2. The number of nitriles is 1. The van der Waals surface area contributed by atoms with Crippen molar-refractivity contribution in [3.63, 3.8) is 0 Å². The molecule has 0 aliphatic heterocycles. The predicted octanol–water partition coefficient (Wildman–Crippen LogP) is 2.41. The third kappa shape index (κ3) is 5.60. The molecule has 0 aliphatic rings. The monoisotopic (exact) mass is 152 g/mol. The van der Waals surface area contributed by atoms with E-state index in [0.717, 1.165) is 25.8 Å². The molecule has 11 heavy (non-hydrogen) atoms. The van der Waals surface area contributed by atoms with Gasteiger partial charge in [-0.25, -0.2) is 0 Å². The van der Waals surface area contributed by atoms with Gasteiger partial charge in [0.2, 0.25) is 0 Å². The third-order valence-corrected chi connectivity index (χ3v) is 1.59. The van der Waals surface area contributed by atoms with Gasteiger partial charge in [0.25, 0.3) is 0 Å². The van der Waals surface area contributed by atoms with Gasteiger partial charge in [-0.1, -0.05) is 13.8 Å². The van der Waals surface area contributed by atoms with Crippen molar-refractivity contribution in [3.05, 3.63) is 0 Å².